The molecule has 0 aliphatic heterocycles. The van der Waals surface area contributed by atoms with Gasteiger partial charge in [-0.3, -0.25) is 0 Å². The van der Waals surface area contributed by atoms with E-state index in [9.17, 15) is 0 Å². The first-order valence-corrected chi connectivity index (χ1v) is 7.83. The van der Waals surface area contributed by atoms with Gasteiger partial charge in [-0.25, -0.2) is 9.97 Å². The Morgan fingerprint density at radius 3 is 2.61 bits per heavy atom. The Morgan fingerprint density at radius 1 is 1.28 bits per heavy atom. The van der Waals surface area contributed by atoms with Crippen LogP contribution in [-0.2, 0) is 6.42 Å². The quantitative estimate of drug-likeness (QED) is 0.447. The Kier molecular flexibility index (Phi) is 4.86. The SMILES string of the molecule is CCc1nc(-c2ccc(Cl)c(Br)c2)nc(Cl)c1I. The Bertz CT molecular complexity index is 605. The van der Waals surface area contributed by atoms with Crippen molar-refractivity contribution in [3.63, 3.8) is 0 Å². The monoisotopic (exact) mass is 456 g/mol. The third-order valence-electron chi connectivity index (χ3n) is 2.39. The lowest BCUT2D eigenvalue weighted by Gasteiger charge is -2.07. The van der Waals surface area contributed by atoms with E-state index in [1.165, 1.54) is 0 Å². The topological polar surface area (TPSA) is 25.8 Å². The Labute approximate surface area is 137 Å². The van der Waals surface area contributed by atoms with Crippen LogP contribution in [0.2, 0.25) is 10.2 Å². The summed E-state index contributed by atoms with van der Waals surface area (Å²) in [6.07, 6.45) is 0.822. The molecule has 94 valence electrons. The summed E-state index contributed by atoms with van der Waals surface area (Å²) in [6.45, 7) is 2.04. The minimum Gasteiger partial charge on any atom is -0.232 e. The number of benzene rings is 1. The zero-order chi connectivity index (χ0) is 13.3. The van der Waals surface area contributed by atoms with E-state index in [4.69, 9.17) is 23.2 Å². The van der Waals surface area contributed by atoms with Crippen LogP contribution in [0.1, 0.15) is 12.6 Å². The van der Waals surface area contributed by atoms with Crippen LogP contribution in [0.5, 0.6) is 0 Å². The van der Waals surface area contributed by atoms with E-state index >= 15 is 0 Å². The number of hydrogen-bond acceptors (Lipinski definition) is 2. The molecule has 18 heavy (non-hydrogen) atoms. The van der Waals surface area contributed by atoms with Crippen LogP contribution in [0, 0.1) is 3.57 Å². The zero-order valence-electron chi connectivity index (χ0n) is 9.35. The number of halogens is 4. The molecule has 2 nitrogen and oxygen atoms in total. The maximum Gasteiger partial charge on any atom is 0.161 e. The van der Waals surface area contributed by atoms with Crippen LogP contribution in [0.25, 0.3) is 11.4 Å². The van der Waals surface area contributed by atoms with Gasteiger partial charge in [-0.05, 0) is 63.1 Å². The second-order valence-corrected chi connectivity index (χ2v) is 6.28. The molecule has 0 radical (unpaired) electrons. The predicted octanol–water partition coefficient (Wildman–Crippen LogP) is 5.38. The van der Waals surface area contributed by atoms with E-state index in [1.807, 2.05) is 25.1 Å². The Balaban J connectivity index is 2.57. The minimum atomic E-state index is 0.489. The van der Waals surface area contributed by atoms with Gasteiger partial charge in [-0.15, -0.1) is 0 Å². The van der Waals surface area contributed by atoms with E-state index in [1.54, 1.807) is 0 Å². The van der Waals surface area contributed by atoms with Gasteiger partial charge in [0.25, 0.3) is 0 Å². The molecular weight excluding hydrogens is 450 g/mol. The molecule has 0 bridgehead atoms. The Hall–Kier alpha value is 0.0900. The van der Waals surface area contributed by atoms with Gasteiger partial charge >= 0.3 is 0 Å². The first-order chi connectivity index (χ1) is 8.52. The van der Waals surface area contributed by atoms with Crippen LogP contribution < -0.4 is 0 Å². The molecule has 0 fully saturated rings. The number of aromatic nitrogens is 2. The average Bonchev–Trinajstić information content (AvgIpc) is 2.36. The molecule has 0 unspecified atom stereocenters. The van der Waals surface area contributed by atoms with Crippen LogP contribution in [0.4, 0.5) is 0 Å². The van der Waals surface area contributed by atoms with Crippen LogP contribution in [0.15, 0.2) is 22.7 Å². The smallest absolute Gasteiger partial charge is 0.161 e. The highest BCUT2D eigenvalue weighted by atomic mass is 127. The molecule has 1 heterocycles. The molecule has 0 N–H and O–H groups in total. The summed E-state index contributed by atoms with van der Waals surface area (Å²) in [4.78, 5) is 8.83. The van der Waals surface area contributed by atoms with Crippen molar-refractivity contribution in [2.75, 3.05) is 0 Å². The summed E-state index contributed by atoms with van der Waals surface area (Å²) in [5.41, 5.74) is 1.84. The van der Waals surface area contributed by atoms with Crippen molar-refractivity contribution in [1.29, 1.82) is 0 Å². The van der Waals surface area contributed by atoms with Gasteiger partial charge < -0.3 is 0 Å². The van der Waals surface area contributed by atoms with Crippen molar-refractivity contribution in [3.8, 4) is 11.4 Å². The molecule has 6 heteroatoms. The van der Waals surface area contributed by atoms with Crippen molar-refractivity contribution in [2.45, 2.75) is 13.3 Å². The molecule has 0 spiro atoms. The maximum atomic E-state index is 6.12. The molecule has 0 atom stereocenters. The highest BCUT2D eigenvalue weighted by molar-refractivity contribution is 14.1. The highest BCUT2D eigenvalue weighted by Gasteiger charge is 2.11. The average molecular weight is 458 g/mol. The van der Waals surface area contributed by atoms with Gasteiger partial charge in [0.2, 0.25) is 0 Å². The molecular formula is C12H8BrCl2IN2. The summed E-state index contributed by atoms with van der Waals surface area (Å²) < 4.78 is 1.73. The summed E-state index contributed by atoms with van der Waals surface area (Å²) in [6, 6.07) is 5.58. The molecule has 0 amide bonds. The molecule has 0 saturated heterocycles. The molecule has 0 aliphatic carbocycles. The first kappa shape index (κ1) is 14.5. The fourth-order valence-electron chi connectivity index (χ4n) is 1.46. The lowest BCUT2D eigenvalue weighted by molar-refractivity contribution is 0.989. The standard InChI is InChI=1S/C12H8BrCl2IN2/c1-2-9-10(16)11(15)18-12(17-9)6-3-4-8(14)7(13)5-6/h3-5H,2H2,1H3. The maximum absolute atomic E-state index is 6.12. The zero-order valence-corrected chi connectivity index (χ0v) is 14.6. The molecule has 1 aromatic carbocycles. The molecule has 0 aliphatic rings. The lowest BCUT2D eigenvalue weighted by atomic mass is 10.2. The third-order valence-corrected chi connectivity index (χ3v) is 5.33. The van der Waals surface area contributed by atoms with Gasteiger partial charge in [0.1, 0.15) is 5.15 Å². The van der Waals surface area contributed by atoms with Crippen molar-refractivity contribution in [2.24, 2.45) is 0 Å². The Morgan fingerprint density at radius 2 is 2.00 bits per heavy atom. The highest BCUT2D eigenvalue weighted by Crippen LogP contribution is 2.29. The van der Waals surface area contributed by atoms with Crippen LogP contribution >= 0.6 is 61.7 Å². The van der Waals surface area contributed by atoms with E-state index < -0.39 is 0 Å². The van der Waals surface area contributed by atoms with Crippen molar-refractivity contribution in [1.82, 2.24) is 9.97 Å². The van der Waals surface area contributed by atoms with Gasteiger partial charge in [0, 0.05) is 10.0 Å². The van der Waals surface area contributed by atoms with E-state index in [-0.39, 0.29) is 0 Å². The fraction of sp³-hybridized carbons (Fsp3) is 0.167. The summed E-state index contributed by atoms with van der Waals surface area (Å²) >= 11 is 17.6. The van der Waals surface area contributed by atoms with Crippen molar-refractivity contribution >= 4 is 61.7 Å². The molecule has 2 aromatic rings. The van der Waals surface area contributed by atoms with Crippen molar-refractivity contribution in [3.05, 3.63) is 42.1 Å². The van der Waals surface area contributed by atoms with Gasteiger partial charge in [-0.2, -0.15) is 0 Å². The predicted molar refractivity (Wildman–Crippen MR) is 87.3 cm³/mol. The number of nitrogens with zero attached hydrogens (tertiary/aromatic N) is 2. The van der Waals surface area contributed by atoms with E-state index in [0.29, 0.717) is 16.0 Å². The van der Waals surface area contributed by atoms with E-state index in [2.05, 4.69) is 48.5 Å². The molecule has 1 aromatic heterocycles. The number of rotatable bonds is 2. The van der Waals surface area contributed by atoms with Gasteiger partial charge in [0.05, 0.1) is 14.3 Å². The van der Waals surface area contributed by atoms with E-state index in [0.717, 1.165) is 25.7 Å². The minimum absolute atomic E-state index is 0.489. The third kappa shape index (κ3) is 2.98. The first-order valence-electron chi connectivity index (χ1n) is 5.20. The number of aryl methyl sites for hydroxylation is 1. The fourth-order valence-corrected chi connectivity index (χ4v) is 2.77. The molecule has 0 saturated carbocycles. The molecule has 2 rings (SSSR count). The van der Waals surface area contributed by atoms with Gasteiger partial charge in [-0.1, -0.05) is 30.1 Å². The van der Waals surface area contributed by atoms with Gasteiger partial charge in [0.15, 0.2) is 5.82 Å². The second-order valence-electron chi connectivity index (χ2n) is 3.58. The van der Waals surface area contributed by atoms with Crippen molar-refractivity contribution < 1.29 is 0 Å². The summed E-state index contributed by atoms with van der Waals surface area (Å²) in [5, 5.41) is 1.15. The normalized spacial score (nSPS) is 10.7. The van der Waals surface area contributed by atoms with Crippen LogP contribution in [0.3, 0.4) is 0 Å². The second kappa shape index (κ2) is 6.03. The summed E-state index contributed by atoms with van der Waals surface area (Å²) in [7, 11) is 0. The van der Waals surface area contributed by atoms with Crippen LogP contribution in [-0.4, -0.2) is 9.97 Å². The lowest BCUT2D eigenvalue weighted by Crippen LogP contribution is -1.99. The largest absolute Gasteiger partial charge is 0.232 e. The summed E-state index contributed by atoms with van der Waals surface area (Å²) in [5.74, 6) is 0.620. The number of hydrogen-bond donors (Lipinski definition) is 0.